The molecule has 3 aromatic carbocycles. The van der Waals surface area contributed by atoms with Crippen molar-refractivity contribution in [2.24, 2.45) is 0 Å². The summed E-state index contributed by atoms with van der Waals surface area (Å²) in [5.74, 6) is -2.01. The molecule has 1 aromatic heterocycles. The number of aromatic nitrogens is 2. The standard InChI is InChI=1S/C23H17F2N3O2S/c1-14-5-4-6-16(11-14)26-21(29)13-31-23-27-19-8-3-2-7-17(19)22(30)28(23)20-10-9-15(24)12-18(20)25/h2-12H,13H2,1H3,(H,26,29). The number of para-hydroxylation sites is 1. The highest BCUT2D eigenvalue weighted by atomic mass is 32.2. The number of carbonyl (C=O) groups is 1. The Hall–Kier alpha value is -3.52. The molecule has 1 N–H and O–H groups in total. The fourth-order valence-electron chi connectivity index (χ4n) is 3.13. The van der Waals surface area contributed by atoms with Crippen LogP contribution in [0.3, 0.4) is 0 Å². The van der Waals surface area contributed by atoms with Crippen molar-refractivity contribution in [3.63, 3.8) is 0 Å². The van der Waals surface area contributed by atoms with Gasteiger partial charge in [-0.3, -0.25) is 14.2 Å². The van der Waals surface area contributed by atoms with Crippen LogP contribution in [0.25, 0.3) is 16.6 Å². The van der Waals surface area contributed by atoms with Crippen molar-refractivity contribution in [2.75, 3.05) is 11.1 Å². The van der Waals surface area contributed by atoms with E-state index < -0.39 is 17.2 Å². The smallest absolute Gasteiger partial charge is 0.266 e. The molecule has 0 atom stereocenters. The lowest BCUT2D eigenvalue weighted by atomic mass is 10.2. The molecule has 0 fully saturated rings. The summed E-state index contributed by atoms with van der Waals surface area (Å²) >= 11 is 0.995. The number of aryl methyl sites for hydroxylation is 1. The number of halogens is 2. The van der Waals surface area contributed by atoms with E-state index in [2.05, 4.69) is 10.3 Å². The van der Waals surface area contributed by atoms with Gasteiger partial charge in [0.05, 0.1) is 22.3 Å². The Morgan fingerprint density at radius 3 is 2.65 bits per heavy atom. The van der Waals surface area contributed by atoms with E-state index in [4.69, 9.17) is 0 Å². The van der Waals surface area contributed by atoms with Gasteiger partial charge in [0.25, 0.3) is 5.56 Å². The fourth-order valence-corrected chi connectivity index (χ4v) is 3.94. The maximum absolute atomic E-state index is 14.5. The summed E-state index contributed by atoms with van der Waals surface area (Å²) in [5, 5.41) is 3.21. The van der Waals surface area contributed by atoms with Crippen LogP contribution in [0.1, 0.15) is 5.56 Å². The first-order chi connectivity index (χ1) is 14.9. The number of anilines is 1. The Bertz CT molecular complexity index is 1350. The van der Waals surface area contributed by atoms with Crippen LogP contribution in [0.5, 0.6) is 0 Å². The zero-order chi connectivity index (χ0) is 22.0. The molecule has 0 radical (unpaired) electrons. The number of hydrogen-bond donors (Lipinski definition) is 1. The number of carbonyl (C=O) groups excluding carboxylic acids is 1. The highest BCUT2D eigenvalue weighted by molar-refractivity contribution is 7.99. The first kappa shape index (κ1) is 20.7. The Labute approximate surface area is 180 Å². The topological polar surface area (TPSA) is 64.0 Å². The molecule has 4 aromatic rings. The summed E-state index contributed by atoms with van der Waals surface area (Å²) in [4.78, 5) is 30.0. The Balaban J connectivity index is 1.70. The van der Waals surface area contributed by atoms with Crippen molar-refractivity contribution >= 4 is 34.3 Å². The molecule has 0 saturated carbocycles. The molecule has 5 nitrogen and oxygen atoms in total. The zero-order valence-corrected chi connectivity index (χ0v) is 17.2. The van der Waals surface area contributed by atoms with Crippen LogP contribution < -0.4 is 10.9 Å². The van der Waals surface area contributed by atoms with E-state index in [1.54, 1.807) is 30.3 Å². The minimum Gasteiger partial charge on any atom is -0.325 e. The van der Waals surface area contributed by atoms with E-state index in [-0.39, 0.29) is 22.5 Å². The Kier molecular flexibility index (Phi) is 5.81. The highest BCUT2D eigenvalue weighted by Gasteiger charge is 2.17. The average Bonchev–Trinajstić information content (AvgIpc) is 2.73. The van der Waals surface area contributed by atoms with Gasteiger partial charge < -0.3 is 5.32 Å². The van der Waals surface area contributed by atoms with Crippen molar-refractivity contribution in [3.05, 3.63) is 94.3 Å². The van der Waals surface area contributed by atoms with Crippen molar-refractivity contribution in [1.82, 2.24) is 9.55 Å². The maximum Gasteiger partial charge on any atom is 0.266 e. The van der Waals surface area contributed by atoms with Gasteiger partial charge in [0.2, 0.25) is 5.91 Å². The maximum atomic E-state index is 14.5. The summed E-state index contributed by atoms with van der Waals surface area (Å²) in [6.07, 6.45) is 0. The average molecular weight is 437 g/mol. The van der Waals surface area contributed by atoms with Crippen LogP contribution in [0.2, 0.25) is 0 Å². The van der Waals surface area contributed by atoms with E-state index in [9.17, 15) is 18.4 Å². The molecule has 0 unspecified atom stereocenters. The summed E-state index contributed by atoms with van der Waals surface area (Å²) in [7, 11) is 0. The summed E-state index contributed by atoms with van der Waals surface area (Å²) in [5.41, 5.74) is 1.44. The first-order valence-corrected chi connectivity index (χ1v) is 10.4. The third kappa shape index (κ3) is 4.49. The van der Waals surface area contributed by atoms with E-state index in [0.717, 1.165) is 28.0 Å². The number of nitrogens with one attached hydrogen (secondary N) is 1. The molecule has 0 aliphatic heterocycles. The summed E-state index contributed by atoms with van der Waals surface area (Å²) in [6.45, 7) is 1.92. The molecule has 1 heterocycles. The Morgan fingerprint density at radius 2 is 1.87 bits per heavy atom. The number of fused-ring (bicyclic) bond motifs is 1. The minimum atomic E-state index is -0.898. The highest BCUT2D eigenvalue weighted by Crippen LogP contribution is 2.23. The van der Waals surface area contributed by atoms with E-state index in [1.165, 1.54) is 6.07 Å². The SMILES string of the molecule is Cc1cccc(NC(=O)CSc2nc3ccccc3c(=O)n2-c2ccc(F)cc2F)c1. The quantitative estimate of drug-likeness (QED) is 0.363. The third-order valence-electron chi connectivity index (χ3n) is 4.53. The van der Waals surface area contributed by atoms with Gasteiger partial charge >= 0.3 is 0 Å². The molecule has 0 bridgehead atoms. The molecule has 0 aliphatic rings. The molecule has 1 amide bonds. The second-order valence-corrected chi connectivity index (χ2v) is 7.80. The molecule has 156 valence electrons. The Morgan fingerprint density at radius 1 is 1.06 bits per heavy atom. The van der Waals surface area contributed by atoms with Gasteiger partial charge in [0.15, 0.2) is 5.16 Å². The van der Waals surface area contributed by atoms with Crippen LogP contribution in [-0.4, -0.2) is 21.2 Å². The lowest BCUT2D eigenvalue weighted by molar-refractivity contribution is -0.113. The predicted octanol–water partition coefficient (Wildman–Crippen LogP) is 4.70. The number of benzene rings is 3. The molecule has 0 spiro atoms. The largest absolute Gasteiger partial charge is 0.325 e. The fraction of sp³-hybridized carbons (Fsp3) is 0.0870. The lowest BCUT2D eigenvalue weighted by Gasteiger charge is -2.14. The van der Waals surface area contributed by atoms with E-state index >= 15 is 0 Å². The molecular weight excluding hydrogens is 420 g/mol. The third-order valence-corrected chi connectivity index (χ3v) is 5.47. The summed E-state index contributed by atoms with van der Waals surface area (Å²) in [6, 6.07) is 17.0. The van der Waals surface area contributed by atoms with Crippen LogP contribution in [0, 0.1) is 18.6 Å². The number of hydrogen-bond acceptors (Lipinski definition) is 4. The van der Waals surface area contributed by atoms with Gasteiger partial charge in [-0.25, -0.2) is 13.8 Å². The zero-order valence-electron chi connectivity index (χ0n) is 16.4. The predicted molar refractivity (Wildman–Crippen MR) is 118 cm³/mol. The second-order valence-electron chi connectivity index (χ2n) is 6.85. The first-order valence-electron chi connectivity index (χ1n) is 9.39. The van der Waals surface area contributed by atoms with Gasteiger partial charge in [0, 0.05) is 11.8 Å². The van der Waals surface area contributed by atoms with Gasteiger partial charge in [-0.15, -0.1) is 0 Å². The molecule has 8 heteroatoms. The van der Waals surface area contributed by atoms with E-state index in [1.807, 2.05) is 25.1 Å². The van der Waals surface area contributed by atoms with Crippen LogP contribution in [-0.2, 0) is 4.79 Å². The van der Waals surface area contributed by atoms with Crippen molar-refractivity contribution in [2.45, 2.75) is 12.1 Å². The van der Waals surface area contributed by atoms with Gasteiger partial charge in [-0.2, -0.15) is 0 Å². The number of nitrogens with zero attached hydrogens (tertiary/aromatic N) is 2. The summed E-state index contributed by atoms with van der Waals surface area (Å²) < 4.78 is 29.0. The molecule has 31 heavy (non-hydrogen) atoms. The van der Waals surface area contributed by atoms with Crippen molar-refractivity contribution in [1.29, 1.82) is 0 Å². The minimum absolute atomic E-state index is 0.0540. The number of thioether (sulfide) groups is 1. The van der Waals surface area contributed by atoms with Gasteiger partial charge in [0.1, 0.15) is 11.6 Å². The van der Waals surface area contributed by atoms with Gasteiger partial charge in [-0.05, 0) is 48.9 Å². The number of rotatable bonds is 5. The van der Waals surface area contributed by atoms with Crippen molar-refractivity contribution < 1.29 is 13.6 Å². The molecular formula is C23H17F2N3O2S. The molecule has 4 rings (SSSR count). The normalized spacial score (nSPS) is 10.9. The van der Waals surface area contributed by atoms with Crippen LogP contribution in [0.4, 0.5) is 14.5 Å². The monoisotopic (exact) mass is 437 g/mol. The van der Waals surface area contributed by atoms with Crippen LogP contribution >= 0.6 is 11.8 Å². The van der Waals surface area contributed by atoms with E-state index in [0.29, 0.717) is 22.7 Å². The van der Waals surface area contributed by atoms with Gasteiger partial charge in [-0.1, -0.05) is 36.0 Å². The molecule has 0 aliphatic carbocycles. The van der Waals surface area contributed by atoms with Crippen LogP contribution in [0.15, 0.2) is 76.7 Å². The molecule has 0 saturated heterocycles. The number of amides is 1. The lowest BCUT2D eigenvalue weighted by Crippen LogP contribution is -2.23. The second kappa shape index (κ2) is 8.69. The van der Waals surface area contributed by atoms with Crippen molar-refractivity contribution in [3.8, 4) is 5.69 Å².